The number of nitrogens with zero attached hydrogens (tertiary/aromatic N) is 3. The number of ketones is 1. The number of rotatable bonds is 0. The molecule has 1 aromatic carbocycles. The van der Waals surface area contributed by atoms with Crippen LogP contribution >= 0.6 is 0 Å². The van der Waals surface area contributed by atoms with Crippen molar-refractivity contribution in [2.75, 3.05) is 0 Å². The smallest absolute Gasteiger partial charge is 0.194 e. The average Bonchev–Trinajstić information content (AvgIpc) is 3.15. The zero-order valence-electron chi connectivity index (χ0n) is 13.6. The molecule has 0 fully saturated rings. The zero-order chi connectivity index (χ0) is 17.7. The van der Waals surface area contributed by atoms with Crippen LogP contribution in [0, 0.1) is 11.3 Å². The predicted molar refractivity (Wildman–Crippen MR) is 97.9 cm³/mol. The van der Waals surface area contributed by atoms with Crippen molar-refractivity contribution in [1.29, 1.82) is 5.26 Å². The first-order valence-corrected chi connectivity index (χ1v) is 8.21. The molecule has 0 bridgehead atoms. The summed E-state index contributed by atoms with van der Waals surface area (Å²) in [5, 5.41) is 9.30. The Bertz CT molecular complexity index is 1160. The third-order valence-electron chi connectivity index (χ3n) is 4.80. The summed E-state index contributed by atoms with van der Waals surface area (Å²) in [6.45, 7) is 0. The van der Waals surface area contributed by atoms with Gasteiger partial charge in [-0.3, -0.25) is 14.8 Å². The minimum Gasteiger partial charge on any atom is -0.289 e. The molecule has 2 aromatic heterocycles. The molecule has 0 aliphatic heterocycles. The summed E-state index contributed by atoms with van der Waals surface area (Å²) in [5.41, 5.74) is 6.73. The van der Waals surface area contributed by atoms with Crippen LogP contribution in [0.3, 0.4) is 0 Å². The van der Waals surface area contributed by atoms with E-state index in [1.165, 1.54) is 6.08 Å². The number of pyridine rings is 2. The van der Waals surface area contributed by atoms with Gasteiger partial charge in [0.25, 0.3) is 0 Å². The summed E-state index contributed by atoms with van der Waals surface area (Å²) in [7, 11) is 0. The van der Waals surface area contributed by atoms with E-state index in [1.807, 2.05) is 42.5 Å². The van der Waals surface area contributed by atoms with Crippen molar-refractivity contribution in [3.63, 3.8) is 0 Å². The van der Waals surface area contributed by atoms with Crippen molar-refractivity contribution < 1.29 is 4.79 Å². The zero-order valence-corrected chi connectivity index (χ0v) is 13.6. The van der Waals surface area contributed by atoms with Gasteiger partial charge in [-0.15, -0.1) is 0 Å². The standard InChI is InChI=1S/C22H11N3O/c23-10-9-14-13-5-1-2-6-15(13)22(26)19(14)18-16-7-3-11-24-20(16)21-17(18)8-4-12-25-21/h1-9,11-12H/b14-9+. The highest BCUT2D eigenvalue weighted by Crippen LogP contribution is 2.49. The number of nitriles is 1. The van der Waals surface area contributed by atoms with E-state index < -0.39 is 0 Å². The van der Waals surface area contributed by atoms with E-state index in [1.54, 1.807) is 18.5 Å². The summed E-state index contributed by atoms with van der Waals surface area (Å²) in [6, 6.07) is 17.1. The fourth-order valence-corrected chi connectivity index (χ4v) is 3.78. The van der Waals surface area contributed by atoms with Gasteiger partial charge in [0.05, 0.1) is 17.5 Å². The molecule has 4 heteroatoms. The molecular weight excluding hydrogens is 322 g/mol. The first-order valence-electron chi connectivity index (χ1n) is 8.21. The van der Waals surface area contributed by atoms with Crippen LogP contribution in [-0.2, 0) is 0 Å². The molecule has 2 aliphatic rings. The van der Waals surface area contributed by atoms with E-state index >= 15 is 0 Å². The molecule has 26 heavy (non-hydrogen) atoms. The van der Waals surface area contributed by atoms with Crippen LogP contribution in [0.25, 0.3) is 22.5 Å². The van der Waals surface area contributed by atoms with Gasteiger partial charge >= 0.3 is 0 Å². The third-order valence-corrected chi connectivity index (χ3v) is 4.80. The van der Waals surface area contributed by atoms with E-state index in [4.69, 9.17) is 0 Å². The maximum Gasteiger partial charge on any atom is 0.194 e. The highest BCUT2D eigenvalue weighted by Gasteiger charge is 2.37. The number of benzene rings is 1. The fraction of sp³-hybridized carbons (Fsp3) is 0. The van der Waals surface area contributed by atoms with Gasteiger partial charge in [-0.25, -0.2) is 0 Å². The largest absolute Gasteiger partial charge is 0.289 e. The Hall–Kier alpha value is -3.84. The molecule has 0 amide bonds. The summed E-state index contributed by atoms with van der Waals surface area (Å²) >= 11 is 0. The van der Waals surface area contributed by atoms with Gasteiger partial charge in [0, 0.05) is 51.9 Å². The SMILES string of the molecule is N#C/C=C1/C(=C2c3cccnc3-c3ncccc32)C(=O)c2ccccc21. The Morgan fingerprint density at radius 3 is 1.96 bits per heavy atom. The maximum absolute atomic E-state index is 13.2. The summed E-state index contributed by atoms with van der Waals surface area (Å²) in [4.78, 5) is 22.2. The lowest BCUT2D eigenvalue weighted by molar-refractivity contribution is 0.104. The highest BCUT2D eigenvalue weighted by atomic mass is 16.1. The lowest BCUT2D eigenvalue weighted by atomic mass is 9.93. The Kier molecular flexibility index (Phi) is 2.97. The van der Waals surface area contributed by atoms with Crippen LogP contribution < -0.4 is 0 Å². The third kappa shape index (κ3) is 1.80. The minimum absolute atomic E-state index is 0.0661. The Morgan fingerprint density at radius 2 is 1.35 bits per heavy atom. The van der Waals surface area contributed by atoms with Crippen molar-refractivity contribution >= 4 is 16.9 Å². The normalized spacial score (nSPS) is 15.7. The molecule has 2 aliphatic carbocycles. The number of hydrogen-bond acceptors (Lipinski definition) is 4. The van der Waals surface area contributed by atoms with Crippen molar-refractivity contribution in [3.8, 4) is 17.5 Å². The second kappa shape index (κ2) is 5.33. The number of allylic oxidation sites excluding steroid dienone is 3. The second-order valence-electron chi connectivity index (χ2n) is 6.11. The summed E-state index contributed by atoms with van der Waals surface area (Å²) < 4.78 is 0. The van der Waals surface area contributed by atoms with Crippen molar-refractivity contribution in [1.82, 2.24) is 9.97 Å². The first kappa shape index (κ1) is 14.5. The van der Waals surface area contributed by atoms with Crippen molar-refractivity contribution in [2.45, 2.75) is 0 Å². The van der Waals surface area contributed by atoms with E-state index in [-0.39, 0.29) is 5.78 Å². The van der Waals surface area contributed by atoms with Gasteiger partial charge in [-0.1, -0.05) is 36.4 Å². The van der Waals surface area contributed by atoms with E-state index in [2.05, 4.69) is 16.0 Å². The number of Topliss-reactive ketones (excluding diaryl/α,β-unsaturated/α-hetero) is 1. The molecule has 0 N–H and O–H groups in total. The van der Waals surface area contributed by atoms with Crippen LogP contribution in [0.15, 0.2) is 72.6 Å². The fourth-order valence-electron chi connectivity index (χ4n) is 3.78. The molecule has 4 nitrogen and oxygen atoms in total. The van der Waals surface area contributed by atoms with Gasteiger partial charge < -0.3 is 0 Å². The minimum atomic E-state index is -0.0661. The molecule has 2 heterocycles. The molecule has 0 saturated heterocycles. The van der Waals surface area contributed by atoms with Crippen LogP contribution in [0.5, 0.6) is 0 Å². The van der Waals surface area contributed by atoms with Gasteiger partial charge in [0.1, 0.15) is 0 Å². The number of fused-ring (bicyclic) bond motifs is 4. The van der Waals surface area contributed by atoms with Gasteiger partial charge in [0.15, 0.2) is 5.78 Å². The number of hydrogen-bond donors (Lipinski definition) is 0. The number of carbonyl (C=O) groups excluding carboxylic acids is 1. The summed E-state index contributed by atoms with van der Waals surface area (Å²) in [6.07, 6.45) is 4.90. The Labute approximate surface area is 149 Å². The Morgan fingerprint density at radius 1 is 0.769 bits per heavy atom. The van der Waals surface area contributed by atoms with Gasteiger partial charge in [-0.05, 0) is 17.7 Å². The van der Waals surface area contributed by atoms with Crippen molar-refractivity contribution in [3.05, 3.63) is 94.8 Å². The monoisotopic (exact) mass is 333 g/mol. The molecule has 0 radical (unpaired) electrons. The summed E-state index contributed by atoms with van der Waals surface area (Å²) in [5.74, 6) is -0.0661. The molecule has 0 unspecified atom stereocenters. The van der Waals surface area contributed by atoms with Crippen LogP contribution in [0.4, 0.5) is 0 Å². The molecule has 0 atom stereocenters. The van der Waals surface area contributed by atoms with Gasteiger partial charge in [-0.2, -0.15) is 5.26 Å². The molecule has 120 valence electrons. The topological polar surface area (TPSA) is 66.6 Å². The van der Waals surface area contributed by atoms with Gasteiger partial charge in [0.2, 0.25) is 0 Å². The average molecular weight is 333 g/mol. The molecule has 5 rings (SSSR count). The number of carbonyl (C=O) groups is 1. The molecular formula is C22H11N3O. The lowest BCUT2D eigenvalue weighted by Crippen LogP contribution is -2.00. The van der Waals surface area contributed by atoms with E-state index in [9.17, 15) is 10.1 Å². The van der Waals surface area contributed by atoms with Crippen molar-refractivity contribution in [2.24, 2.45) is 0 Å². The van der Waals surface area contributed by atoms with Crippen LogP contribution in [0.2, 0.25) is 0 Å². The van der Waals surface area contributed by atoms with Crippen LogP contribution in [0.1, 0.15) is 27.0 Å². The highest BCUT2D eigenvalue weighted by molar-refractivity contribution is 6.32. The Balaban J connectivity index is 1.93. The number of aromatic nitrogens is 2. The first-order chi connectivity index (χ1) is 12.8. The van der Waals surface area contributed by atoms with E-state index in [0.29, 0.717) is 16.7 Å². The quantitative estimate of drug-likeness (QED) is 0.359. The molecule has 3 aromatic rings. The van der Waals surface area contributed by atoms with Crippen LogP contribution in [-0.4, -0.2) is 15.8 Å². The lowest BCUT2D eigenvalue weighted by Gasteiger charge is -2.08. The molecule has 0 saturated carbocycles. The predicted octanol–water partition coefficient (Wildman–Crippen LogP) is 4.06. The maximum atomic E-state index is 13.2. The second-order valence-corrected chi connectivity index (χ2v) is 6.11. The van der Waals surface area contributed by atoms with E-state index in [0.717, 1.165) is 33.7 Å². The molecule has 0 spiro atoms.